The van der Waals surface area contributed by atoms with Crippen molar-refractivity contribution in [2.45, 2.75) is 32.5 Å². The van der Waals surface area contributed by atoms with Crippen molar-refractivity contribution in [2.24, 2.45) is 11.7 Å². The molecule has 0 spiro atoms. The lowest BCUT2D eigenvalue weighted by Crippen LogP contribution is -2.47. The van der Waals surface area contributed by atoms with Gasteiger partial charge < -0.3 is 15.2 Å². The van der Waals surface area contributed by atoms with Gasteiger partial charge in [0.15, 0.2) is 0 Å². The Morgan fingerprint density at radius 3 is 2.67 bits per heavy atom. The van der Waals surface area contributed by atoms with Gasteiger partial charge >= 0.3 is 0 Å². The van der Waals surface area contributed by atoms with Gasteiger partial charge in [0, 0.05) is 12.5 Å². The van der Waals surface area contributed by atoms with Crippen molar-refractivity contribution in [3.63, 3.8) is 0 Å². The van der Waals surface area contributed by atoms with Crippen molar-refractivity contribution >= 4 is 0 Å². The molecule has 0 bridgehead atoms. The molecule has 3 nitrogen and oxygen atoms in total. The maximum atomic E-state index is 5.81. The van der Waals surface area contributed by atoms with E-state index in [1.165, 1.54) is 0 Å². The standard InChI is InChI=1S/C9H19NO2/c1-7(2)12-9(5-10)6-11-4-8(9)3/h7-8H,4-6,10H2,1-3H3. The first-order chi connectivity index (χ1) is 5.60. The molecule has 0 aromatic heterocycles. The average molecular weight is 173 g/mol. The molecule has 1 rings (SSSR count). The van der Waals surface area contributed by atoms with Crippen LogP contribution in [0.1, 0.15) is 20.8 Å². The second-order valence-corrected chi connectivity index (χ2v) is 3.85. The number of ether oxygens (including phenoxy) is 2. The van der Waals surface area contributed by atoms with Gasteiger partial charge in [0.05, 0.1) is 19.3 Å². The molecular weight excluding hydrogens is 154 g/mol. The fourth-order valence-corrected chi connectivity index (χ4v) is 1.63. The Kier molecular flexibility index (Phi) is 3.09. The molecule has 2 unspecified atom stereocenters. The third-order valence-corrected chi connectivity index (χ3v) is 2.43. The summed E-state index contributed by atoms with van der Waals surface area (Å²) in [6, 6.07) is 0. The second kappa shape index (κ2) is 3.73. The Morgan fingerprint density at radius 1 is 1.67 bits per heavy atom. The minimum absolute atomic E-state index is 0.220. The molecule has 0 aliphatic carbocycles. The van der Waals surface area contributed by atoms with E-state index in [1.807, 2.05) is 13.8 Å². The van der Waals surface area contributed by atoms with E-state index in [2.05, 4.69) is 6.92 Å². The largest absolute Gasteiger partial charge is 0.378 e. The Bertz CT molecular complexity index is 149. The van der Waals surface area contributed by atoms with Crippen LogP contribution in [0.15, 0.2) is 0 Å². The topological polar surface area (TPSA) is 44.5 Å². The molecule has 1 saturated heterocycles. The summed E-state index contributed by atoms with van der Waals surface area (Å²) in [5, 5.41) is 0. The van der Waals surface area contributed by atoms with Crippen LogP contribution in [0.4, 0.5) is 0 Å². The van der Waals surface area contributed by atoms with Crippen molar-refractivity contribution in [1.82, 2.24) is 0 Å². The zero-order chi connectivity index (χ0) is 9.19. The van der Waals surface area contributed by atoms with E-state index in [-0.39, 0.29) is 11.7 Å². The van der Waals surface area contributed by atoms with Gasteiger partial charge in [-0.3, -0.25) is 0 Å². The molecule has 0 radical (unpaired) electrons. The monoisotopic (exact) mass is 173 g/mol. The Hall–Kier alpha value is -0.120. The fourth-order valence-electron chi connectivity index (χ4n) is 1.63. The van der Waals surface area contributed by atoms with Gasteiger partial charge in [-0.25, -0.2) is 0 Å². The molecule has 2 N–H and O–H groups in total. The first kappa shape index (κ1) is 9.96. The van der Waals surface area contributed by atoms with Gasteiger partial charge in [-0.2, -0.15) is 0 Å². The Balaban J connectivity index is 2.61. The smallest absolute Gasteiger partial charge is 0.109 e. The molecule has 72 valence electrons. The minimum atomic E-state index is -0.228. The van der Waals surface area contributed by atoms with Crippen LogP contribution >= 0.6 is 0 Å². The van der Waals surface area contributed by atoms with Crippen LogP contribution in [0.5, 0.6) is 0 Å². The highest BCUT2D eigenvalue weighted by atomic mass is 16.6. The molecule has 1 aliphatic rings. The van der Waals surface area contributed by atoms with Gasteiger partial charge in [-0.15, -0.1) is 0 Å². The van der Waals surface area contributed by atoms with E-state index in [0.29, 0.717) is 19.1 Å². The molecule has 12 heavy (non-hydrogen) atoms. The lowest BCUT2D eigenvalue weighted by atomic mass is 9.92. The highest BCUT2D eigenvalue weighted by Gasteiger charge is 2.41. The van der Waals surface area contributed by atoms with Crippen LogP contribution in [0.25, 0.3) is 0 Å². The van der Waals surface area contributed by atoms with Crippen LogP contribution in [-0.4, -0.2) is 31.5 Å². The Labute approximate surface area is 74.2 Å². The zero-order valence-electron chi connectivity index (χ0n) is 8.17. The summed E-state index contributed by atoms with van der Waals surface area (Å²) in [5.41, 5.74) is 5.47. The molecule has 0 aromatic rings. The van der Waals surface area contributed by atoms with Crippen LogP contribution in [0, 0.1) is 5.92 Å². The predicted molar refractivity (Wildman–Crippen MR) is 48.0 cm³/mol. The maximum Gasteiger partial charge on any atom is 0.109 e. The molecule has 0 amide bonds. The average Bonchev–Trinajstić information content (AvgIpc) is 2.32. The van der Waals surface area contributed by atoms with Gasteiger partial charge in [0.25, 0.3) is 0 Å². The molecule has 0 saturated carbocycles. The second-order valence-electron chi connectivity index (χ2n) is 3.85. The molecular formula is C9H19NO2. The first-order valence-electron chi connectivity index (χ1n) is 4.56. The minimum Gasteiger partial charge on any atom is -0.378 e. The highest BCUT2D eigenvalue weighted by Crippen LogP contribution is 2.29. The SMILES string of the molecule is CC(C)OC1(CN)COCC1C. The van der Waals surface area contributed by atoms with E-state index in [1.54, 1.807) is 0 Å². The van der Waals surface area contributed by atoms with E-state index in [9.17, 15) is 0 Å². The first-order valence-corrected chi connectivity index (χ1v) is 4.56. The van der Waals surface area contributed by atoms with Gasteiger partial charge in [-0.1, -0.05) is 6.92 Å². The van der Waals surface area contributed by atoms with Crippen LogP contribution in [0.2, 0.25) is 0 Å². The van der Waals surface area contributed by atoms with E-state index in [0.717, 1.165) is 6.61 Å². The van der Waals surface area contributed by atoms with Crippen molar-refractivity contribution in [3.05, 3.63) is 0 Å². The number of nitrogens with two attached hydrogens (primary N) is 1. The number of hydrogen-bond acceptors (Lipinski definition) is 3. The molecule has 1 fully saturated rings. The Morgan fingerprint density at radius 2 is 2.33 bits per heavy atom. The normalized spacial score (nSPS) is 36.2. The van der Waals surface area contributed by atoms with E-state index >= 15 is 0 Å². The molecule has 0 aromatic carbocycles. The summed E-state index contributed by atoms with van der Waals surface area (Å²) < 4.78 is 11.2. The summed E-state index contributed by atoms with van der Waals surface area (Å²) in [6.45, 7) is 8.15. The van der Waals surface area contributed by atoms with E-state index in [4.69, 9.17) is 15.2 Å². The van der Waals surface area contributed by atoms with Crippen molar-refractivity contribution < 1.29 is 9.47 Å². The molecule has 3 heteroatoms. The summed E-state index contributed by atoms with van der Waals surface area (Å²) in [6.07, 6.45) is 0.220. The van der Waals surface area contributed by atoms with Crippen molar-refractivity contribution in [2.75, 3.05) is 19.8 Å². The van der Waals surface area contributed by atoms with E-state index < -0.39 is 0 Å². The van der Waals surface area contributed by atoms with Crippen LogP contribution in [0.3, 0.4) is 0 Å². The summed E-state index contributed by atoms with van der Waals surface area (Å²) in [7, 11) is 0. The van der Waals surface area contributed by atoms with Gasteiger partial charge in [0.1, 0.15) is 5.60 Å². The zero-order valence-corrected chi connectivity index (χ0v) is 8.17. The maximum absolute atomic E-state index is 5.81. The molecule has 2 atom stereocenters. The van der Waals surface area contributed by atoms with Crippen molar-refractivity contribution in [3.8, 4) is 0 Å². The van der Waals surface area contributed by atoms with Crippen molar-refractivity contribution in [1.29, 1.82) is 0 Å². The summed E-state index contributed by atoms with van der Waals surface area (Å²) in [4.78, 5) is 0. The number of hydrogen-bond donors (Lipinski definition) is 1. The van der Waals surface area contributed by atoms with Crippen LogP contribution in [-0.2, 0) is 9.47 Å². The molecule has 1 heterocycles. The lowest BCUT2D eigenvalue weighted by Gasteiger charge is -2.32. The summed E-state index contributed by atoms with van der Waals surface area (Å²) in [5.74, 6) is 0.407. The number of rotatable bonds is 3. The van der Waals surface area contributed by atoms with Gasteiger partial charge in [-0.05, 0) is 13.8 Å². The quantitative estimate of drug-likeness (QED) is 0.685. The fraction of sp³-hybridized carbons (Fsp3) is 1.00. The summed E-state index contributed by atoms with van der Waals surface area (Å²) >= 11 is 0. The third kappa shape index (κ3) is 1.79. The molecule has 1 aliphatic heterocycles. The lowest BCUT2D eigenvalue weighted by molar-refractivity contribution is -0.0930. The predicted octanol–water partition coefficient (Wildman–Crippen LogP) is 0.775. The third-order valence-electron chi connectivity index (χ3n) is 2.43. The van der Waals surface area contributed by atoms with Gasteiger partial charge in [0.2, 0.25) is 0 Å². The van der Waals surface area contributed by atoms with Crippen LogP contribution < -0.4 is 5.73 Å². The highest BCUT2D eigenvalue weighted by molar-refractivity contribution is 4.92.